The lowest BCUT2D eigenvalue weighted by atomic mass is 10.1. The minimum atomic E-state index is -1.23. The number of aliphatic carboxylic acids is 1. The highest BCUT2D eigenvalue weighted by molar-refractivity contribution is 5.79. The van der Waals surface area contributed by atoms with Crippen LogP contribution in [-0.4, -0.2) is 51.4 Å². The average molecular weight is 333 g/mol. The summed E-state index contributed by atoms with van der Waals surface area (Å²) in [5, 5.41) is 28.6. The Morgan fingerprint density at radius 1 is 1.43 bits per heavy atom. The van der Waals surface area contributed by atoms with Gasteiger partial charge in [-0.15, -0.1) is 0 Å². The first-order chi connectivity index (χ1) is 10.4. The summed E-state index contributed by atoms with van der Waals surface area (Å²) in [5.74, 6) is -1.93. The molecule has 0 aliphatic rings. The van der Waals surface area contributed by atoms with Crippen molar-refractivity contribution >= 4 is 18.0 Å². The maximum absolute atomic E-state index is 11.6. The Kier molecular flexibility index (Phi) is 7.77. The maximum atomic E-state index is 11.6. The molecule has 0 unspecified atom stereocenters. The Morgan fingerprint density at radius 2 is 2.00 bits per heavy atom. The van der Waals surface area contributed by atoms with Crippen molar-refractivity contribution in [3.05, 3.63) is 10.1 Å². The second-order valence-electron chi connectivity index (χ2n) is 5.78. The molecule has 1 atom stereocenters. The number of nitrogens with zero attached hydrogens (tertiary/aromatic N) is 2. The minimum Gasteiger partial charge on any atom is -0.480 e. The predicted octanol–water partition coefficient (Wildman–Crippen LogP) is 0.522. The Morgan fingerprint density at radius 3 is 2.39 bits per heavy atom. The summed E-state index contributed by atoms with van der Waals surface area (Å²) >= 11 is 0. The van der Waals surface area contributed by atoms with Gasteiger partial charge >= 0.3 is 12.1 Å². The number of rotatable bonds is 8. The zero-order valence-corrected chi connectivity index (χ0v) is 13.4. The van der Waals surface area contributed by atoms with Gasteiger partial charge in [0.25, 0.3) is 5.96 Å². The van der Waals surface area contributed by atoms with Crippen LogP contribution in [0, 0.1) is 15.5 Å². The number of amides is 1. The summed E-state index contributed by atoms with van der Waals surface area (Å²) in [6.07, 6.45) is -0.261. The summed E-state index contributed by atoms with van der Waals surface area (Å²) in [5.41, 5.74) is 4.30. The molecule has 0 aliphatic carbocycles. The average Bonchev–Trinajstić information content (AvgIpc) is 2.33. The zero-order chi connectivity index (χ0) is 18.2. The Hall–Kier alpha value is -2.59. The third-order valence-corrected chi connectivity index (χ3v) is 2.58. The molecule has 0 heterocycles. The van der Waals surface area contributed by atoms with Gasteiger partial charge in [0.05, 0.1) is 6.54 Å². The molecule has 11 heteroatoms. The second-order valence-corrected chi connectivity index (χ2v) is 5.78. The van der Waals surface area contributed by atoms with Crippen molar-refractivity contribution < 1.29 is 24.5 Å². The Bertz CT molecular complexity index is 447. The van der Waals surface area contributed by atoms with Crippen LogP contribution in [0.15, 0.2) is 0 Å². The smallest absolute Gasteiger partial charge is 0.408 e. The number of hydrogen-bond donors (Lipinski definition) is 4. The maximum Gasteiger partial charge on any atom is 0.408 e. The zero-order valence-electron chi connectivity index (χ0n) is 13.4. The van der Waals surface area contributed by atoms with Gasteiger partial charge in [-0.1, -0.05) is 5.01 Å². The van der Waals surface area contributed by atoms with E-state index in [-0.39, 0.29) is 25.8 Å². The summed E-state index contributed by atoms with van der Waals surface area (Å²) in [4.78, 5) is 33.3. The number of hydrogen-bond acceptors (Lipinski definition) is 6. The lowest BCUT2D eigenvalue weighted by molar-refractivity contribution is -0.629. The molecule has 0 aliphatic heterocycles. The van der Waals surface area contributed by atoms with Crippen molar-refractivity contribution in [1.82, 2.24) is 10.3 Å². The van der Waals surface area contributed by atoms with Crippen LogP contribution in [0.25, 0.3) is 0 Å². The number of nitrogens with one attached hydrogen (secondary N) is 2. The molecule has 1 amide bonds. The van der Waals surface area contributed by atoms with E-state index in [0.29, 0.717) is 5.01 Å². The summed E-state index contributed by atoms with van der Waals surface area (Å²) < 4.78 is 4.97. The fourth-order valence-electron chi connectivity index (χ4n) is 1.61. The minimum absolute atomic E-state index is 0.0675. The fourth-order valence-corrected chi connectivity index (χ4v) is 1.61. The Balaban J connectivity index is 4.35. The molecule has 5 N–H and O–H groups in total. The number of carbonyl (C=O) groups is 2. The Labute approximate surface area is 133 Å². The highest BCUT2D eigenvalue weighted by Crippen LogP contribution is 2.08. The largest absolute Gasteiger partial charge is 0.480 e. The fraction of sp³-hybridized carbons (Fsp3) is 0.750. The standard InChI is InChI=1S/C12H23N5O6/c1-12(2,3)23-11(20)15-8(9(18)19)6-4-5-7-16(10(13)14)17(21)22/h8H,4-7H2,1-3H3,(H3,13,14)(H,15,20)(H,18,19)/t8-/m0/s1. The number of hydrazine groups is 1. The lowest BCUT2D eigenvalue weighted by Gasteiger charge is -2.22. The van der Waals surface area contributed by atoms with E-state index < -0.39 is 34.7 Å². The van der Waals surface area contributed by atoms with Gasteiger partial charge in [0.1, 0.15) is 11.6 Å². The van der Waals surface area contributed by atoms with Crippen LogP contribution in [0.5, 0.6) is 0 Å². The van der Waals surface area contributed by atoms with Crippen LogP contribution < -0.4 is 11.1 Å². The van der Waals surface area contributed by atoms with Gasteiger partial charge in [-0.05, 0) is 40.0 Å². The number of nitrogens with two attached hydrogens (primary N) is 1. The highest BCUT2D eigenvalue weighted by atomic mass is 16.7. The highest BCUT2D eigenvalue weighted by Gasteiger charge is 2.24. The molecule has 0 spiro atoms. The van der Waals surface area contributed by atoms with Gasteiger partial charge in [-0.3, -0.25) is 5.41 Å². The molecule has 0 fully saturated rings. The molecule has 0 saturated heterocycles. The molecule has 0 aromatic carbocycles. The number of nitro groups is 1. The molecule has 0 aromatic rings. The molecule has 11 nitrogen and oxygen atoms in total. The van der Waals surface area contributed by atoms with Crippen molar-refractivity contribution in [2.24, 2.45) is 5.73 Å². The van der Waals surface area contributed by atoms with Crippen molar-refractivity contribution in [1.29, 1.82) is 5.41 Å². The first kappa shape index (κ1) is 20.4. The summed E-state index contributed by atoms with van der Waals surface area (Å²) in [6.45, 7) is 4.82. The molecule has 0 bridgehead atoms. The lowest BCUT2D eigenvalue weighted by Crippen LogP contribution is -2.44. The molecule has 0 aromatic heterocycles. The molecule has 0 radical (unpaired) electrons. The monoisotopic (exact) mass is 333 g/mol. The molecule has 0 saturated carbocycles. The van der Waals surface area contributed by atoms with E-state index in [0.717, 1.165) is 0 Å². The van der Waals surface area contributed by atoms with Crippen LogP contribution in [0.3, 0.4) is 0 Å². The van der Waals surface area contributed by atoms with E-state index in [1.54, 1.807) is 20.8 Å². The molecule has 23 heavy (non-hydrogen) atoms. The molecular weight excluding hydrogens is 310 g/mol. The summed E-state index contributed by atoms with van der Waals surface area (Å²) in [6, 6.07) is -1.16. The number of carboxylic acids is 1. The van der Waals surface area contributed by atoms with Crippen molar-refractivity contribution in [3.63, 3.8) is 0 Å². The van der Waals surface area contributed by atoms with E-state index in [2.05, 4.69) is 5.32 Å². The normalized spacial score (nSPS) is 12.1. The van der Waals surface area contributed by atoms with Crippen LogP contribution in [0.2, 0.25) is 0 Å². The van der Waals surface area contributed by atoms with Crippen molar-refractivity contribution in [3.8, 4) is 0 Å². The predicted molar refractivity (Wildman–Crippen MR) is 80.3 cm³/mol. The van der Waals surface area contributed by atoms with Gasteiger partial charge in [-0.2, -0.15) is 0 Å². The molecular formula is C12H23N5O6. The second kappa shape index (κ2) is 8.76. The number of unbranched alkanes of at least 4 members (excludes halogenated alkanes) is 1. The number of carbonyl (C=O) groups excluding carboxylic acids is 1. The van der Waals surface area contributed by atoms with E-state index >= 15 is 0 Å². The number of alkyl carbamates (subject to hydrolysis) is 1. The number of guanidine groups is 1. The van der Waals surface area contributed by atoms with Gasteiger partial charge in [0.15, 0.2) is 5.03 Å². The molecule has 132 valence electrons. The van der Waals surface area contributed by atoms with Gasteiger partial charge in [-0.25, -0.2) is 19.7 Å². The third kappa shape index (κ3) is 9.11. The van der Waals surface area contributed by atoms with Crippen LogP contribution in [0.1, 0.15) is 40.0 Å². The molecule has 0 rings (SSSR count). The van der Waals surface area contributed by atoms with Crippen molar-refractivity contribution in [2.45, 2.75) is 51.7 Å². The van der Waals surface area contributed by atoms with Gasteiger partial charge in [0.2, 0.25) is 0 Å². The van der Waals surface area contributed by atoms with Crippen LogP contribution >= 0.6 is 0 Å². The first-order valence-corrected chi connectivity index (χ1v) is 6.92. The van der Waals surface area contributed by atoms with Gasteiger partial charge in [0, 0.05) is 0 Å². The topological polar surface area (TPSA) is 172 Å². The van der Waals surface area contributed by atoms with E-state index in [1.165, 1.54) is 0 Å². The van der Waals surface area contributed by atoms with Crippen LogP contribution in [0.4, 0.5) is 4.79 Å². The third-order valence-electron chi connectivity index (χ3n) is 2.58. The van der Waals surface area contributed by atoms with Crippen LogP contribution in [-0.2, 0) is 9.53 Å². The van der Waals surface area contributed by atoms with Gasteiger partial charge < -0.3 is 20.9 Å². The quantitative estimate of drug-likeness (QED) is 0.163. The van der Waals surface area contributed by atoms with E-state index in [1.807, 2.05) is 0 Å². The number of ether oxygens (including phenoxy) is 1. The van der Waals surface area contributed by atoms with E-state index in [4.69, 9.17) is 21.0 Å². The van der Waals surface area contributed by atoms with E-state index in [9.17, 15) is 19.7 Å². The number of carboxylic acid groups (broad SMARTS) is 1. The summed E-state index contributed by atoms with van der Waals surface area (Å²) in [7, 11) is 0. The SMILES string of the molecule is CC(C)(C)OC(=O)N[C@@H](CCCCN(C(=N)N)[N+](=O)[O-])C(=O)O. The van der Waals surface area contributed by atoms with Crippen molar-refractivity contribution in [2.75, 3.05) is 6.54 Å². The first-order valence-electron chi connectivity index (χ1n) is 6.92.